The van der Waals surface area contributed by atoms with Crippen LogP contribution in [0.2, 0.25) is 0 Å². The number of primary amides is 1. The lowest BCUT2D eigenvalue weighted by Crippen LogP contribution is -2.07. The van der Waals surface area contributed by atoms with Crippen molar-refractivity contribution in [1.82, 2.24) is 0 Å². The SMILES string of the molecule is NC(=O)CC=Cc1ccc(Br)c(F)c1. The van der Waals surface area contributed by atoms with E-state index in [1.165, 1.54) is 6.07 Å². The molecule has 74 valence electrons. The van der Waals surface area contributed by atoms with E-state index in [1.54, 1.807) is 24.3 Å². The number of amides is 1. The second-order valence-electron chi connectivity index (χ2n) is 2.75. The Morgan fingerprint density at radius 3 is 2.86 bits per heavy atom. The molecule has 2 nitrogen and oxygen atoms in total. The maximum absolute atomic E-state index is 13.0. The molecule has 0 saturated carbocycles. The minimum absolute atomic E-state index is 0.164. The summed E-state index contributed by atoms with van der Waals surface area (Å²) in [5.41, 5.74) is 5.64. The fourth-order valence-electron chi connectivity index (χ4n) is 0.927. The molecule has 0 bridgehead atoms. The molecule has 0 fully saturated rings. The van der Waals surface area contributed by atoms with Crippen LogP contribution in [0.15, 0.2) is 28.7 Å². The van der Waals surface area contributed by atoms with Crippen molar-refractivity contribution in [2.75, 3.05) is 0 Å². The Hall–Kier alpha value is -1.16. The monoisotopic (exact) mass is 257 g/mol. The summed E-state index contributed by atoms with van der Waals surface area (Å²) in [7, 11) is 0. The van der Waals surface area contributed by atoms with Crippen LogP contribution in [0, 0.1) is 5.82 Å². The third kappa shape index (κ3) is 3.30. The van der Waals surface area contributed by atoms with Gasteiger partial charge in [0.25, 0.3) is 0 Å². The smallest absolute Gasteiger partial charge is 0.221 e. The van der Waals surface area contributed by atoms with Gasteiger partial charge in [-0.05, 0) is 33.6 Å². The first-order chi connectivity index (χ1) is 6.59. The van der Waals surface area contributed by atoms with Gasteiger partial charge in [-0.15, -0.1) is 0 Å². The highest BCUT2D eigenvalue weighted by Crippen LogP contribution is 2.17. The van der Waals surface area contributed by atoms with Crippen molar-refractivity contribution < 1.29 is 9.18 Å². The molecule has 1 aromatic rings. The predicted molar refractivity (Wildman–Crippen MR) is 56.9 cm³/mol. The number of hydrogen-bond acceptors (Lipinski definition) is 1. The van der Waals surface area contributed by atoms with Crippen molar-refractivity contribution in [2.24, 2.45) is 5.73 Å². The second kappa shape index (κ2) is 4.91. The molecule has 14 heavy (non-hydrogen) atoms. The lowest BCUT2D eigenvalue weighted by Gasteiger charge is -1.96. The van der Waals surface area contributed by atoms with Gasteiger partial charge < -0.3 is 5.73 Å². The number of hydrogen-bond donors (Lipinski definition) is 1. The first-order valence-electron chi connectivity index (χ1n) is 3.99. The van der Waals surface area contributed by atoms with Gasteiger partial charge in [-0.1, -0.05) is 18.2 Å². The van der Waals surface area contributed by atoms with E-state index in [2.05, 4.69) is 15.9 Å². The first kappa shape index (κ1) is 10.9. The molecule has 0 unspecified atom stereocenters. The molecule has 0 radical (unpaired) electrons. The van der Waals surface area contributed by atoms with E-state index in [0.717, 1.165) is 0 Å². The van der Waals surface area contributed by atoms with Crippen LogP contribution in [-0.4, -0.2) is 5.91 Å². The summed E-state index contributed by atoms with van der Waals surface area (Å²) in [6, 6.07) is 4.73. The van der Waals surface area contributed by atoms with Crippen molar-refractivity contribution in [1.29, 1.82) is 0 Å². The maximum atomic E-state index is 13.0. The molecule has 0 spiro atoms. The van der Waals surface area contributed by atoms with Gasteiger partial charge in [-0.2, -0.15) is 0 Å². The molecule has 0 saturated heterocycles. The molecule has 0 heterocycles. The largest absolute Gasteiger partial charge is 0.369 e. The van der Waals surface area contributed by atoms with Crippen LogP contribution in [0.1, 0.15) is 12.0 Å². The van der Waals surface area contributed by atoms with Gasteiger partial charge in [0.05, 0.1) is 4.47 Å². The van der Waals surface area contributed by atoms with E-state index in [-0.39, 0.29) is 12.2 Å². The van der Waals surface area contributed by atoms with E-state index in [0.29, 0.717) is 10.0 Å². The van der Waals surface area contributed by atoms with Gasteiger partial charge in [-0.25, -0.2) is 4.39 Å². The molecular weight excluding hydrogens is 249 g/mol. The van der Waals surface area contributed by atoms with Crippen LogP contribution in [0.5, 0.6) is 0 Å². The van der Waals surface area contributed by atoms with E-state index in [9.17, 15) is 9.18 Å². The fourth-order valence-corrected chi connectivity index (χ4v) is 1.17. The van der Waals surface area contributed by atoms with Gasteiger partial charge in [0, 0.05) is 6.42 Å². The quantitative estimate of drug-likeness (QED) is 0.889. The number of carbonyl (C=O) groups excluding carboxylic acids is 1. The minimum Gasteiger partial charge on any atom is -0.369 e. The van der Waals surface area contributed by atoms with Gasteiger partial charge in [0.1, 0.15) is 5.82 Å². The Bertz CT molecular complexity index is 376. The van der Waals surface area contributed by atoms with E-state index in [1.807, 2.05) is 0 Å². The Balaban J connectivity index is 2.73. The van der Waals surface area contributed by atoms with Crippen molar-refractivity contribution in [3.05, 3.63) is 40.1 Å². The number of nitrogens with two attached hydrogens (primary N) is 1. The molecule has 0 atom stereocenters. The topological polar surface area (TPSA) is 43.1 Å². The van der Waals surface area contributed by atoms with Gasteiger partial charge in [0.2, 0.25) is 5.91 Å². The summed E-state index contributed by atoms with van der Waals surface area (Å²) in [6.07, 6.45) is 3.42. The van der Waals surface area contributed by atoms with Crippen molar-refractivity contribution in [3.8, 4) is 0 Å². The number of benzene rings is 1. The highest BCUT2D eigenvalue weighted by atomic mass is 79.9. The average Bonchev–Trinajstić information content (AvgIpc) is 2.10. The van der Waals surface area contributed by atoms with Crippen molar-refractivity contribution in [2.45, 2.75) is 6.42 Å². The first-order valence-corrected chi connectivity index (χ1v) is 4.79. The minimum atomic E-state index is -0.404. The molecule has 1 rings (SSSR count). The average molecular weight is 258 g/mol. The molecule has 4 heteroatoms. The number of rotatable bonds is 3. The zero-order chi connectivity index (χ0) is 10.6. The fraction of sp³-hybridized carbons (Fsp3) is 0.100. The zero-order valence-electron chi connectivity index (χ0n) is 7.34. The Kier molecular flexibility index (Phi) is 3.83. The van der Waals surface area contributed by atoms with Crippen molar-refractivity contribution >= 4 is 27.9 Å². The maximum Gasteiger partial charge on any atom is 0.221 e. The molecular formula is C10H9BrFNO. The Morgan fingerprint density at radius 2 is 2.29 bits per heavy atom. The Morgan fingerprint density at radius 1 is 1.57 bits per heavy atom. The van der Waals surface area contributed by atoms with Gasteiger partial charge >= 0.3 is 0 Å². The van der Waals surface area contributed by atoms with E-state index >= 15 is 0 Å². The van der Waals surface area contributed by atoms with Crippen LogP contribution in [0.4, 0.5) is 4.39 Å². The zero-order valence-corrected chi connectivity index (χ0v) is 8.92. The summed E-state index contributed by atoms with van der Waals surface area (Å²) in [6.45, 7) is 0. The standard InChI is InChI=1S/C10H9BrFNO/c11-8-5-4-7(6-9(8)12)2-1-3-10(13)14/h1-2,4-6H,3H2,(H2,13,14). The molecule has 2 N–H and O–H groups in total. The summed E-state index contributed by atoms with van der Waals surface area (Å²) < 4.78 is 13.4. The molecule has 0 aromatic heterocycles. The lowest BCUT2D eigenvalue weighted by molar-refractivity contribution is -0.117. The van der Waals surface area contributed by atoms with Crippen LogP contribution < -0.4 is 5.73 Å². The third-order valence-corrected chi connectivity index (χ3v) is 2.22. The second-order valence-corrected chi connectivity index (χ2v) is 3.60. The molecule has 0 aliphatic heterocycles. The summed E-state index contributed by atoms with van der Waals surface area (Å²) in [4.78, 5) is 10.4. The summed E-state index contributed by atoms with van der Waals surface area (Å²) in [5, 5.41) is 0. The molecule has 0 aliphatic carbocycles. The Labute approximate surface area is 89.7 Å². The summed E-state index contributed by atoms with van der Waals surface area (Å²) in [5.74, 6) is -0.731. The van der Waals surface area contributed by atoms with E-state index < -0.39 is 5.91 Å². The van der Waals surface area contributed by atoms with Crippen LogP contribution in [-0.2, 0) is 4.79 Å². The van der Waals surface area contributed by atoms with Gasteiger partial charge in [-0.3, -0.25) is 4.79 Å². The third-order valence-electron chi connectivity index (χ3n) is 1.57. The highest BCUT2D eigenvalue weighted by Gasteiger charge is 1.97. The highest BCUT2D eigenvalue weighted by molar-refractivity contribution is 9.10. The summed E-state index contributed by atoms with van der Waals surface area (Å²) >= 11 is 3.05. The van der Waals surface area contributed by atoms with Crippen LogP contribution in [0.3, 0.4) is 0 Å². The predicted octanol–water partition coefficient (Wildman–Crippen LogP) is 2.48. The molecule has 0 aliphatic rings. The number of halogens is 2. The van der Waals surface area contributed by atoms with Crippen LogP contribution in [0.25, 0.3) is 6.08 Å². The molecule has 1 amide bonds. The molecule has 1 aromatic carbocycles. The number of carbonyl (C=O) groups is 1. The van der Waals surface area contributed by atoms with E-state index in [4.69, 9.17) is 5.73 Å². The van der Waals surface area contributed by atoms with Gasteiger partial charge in [0.15, 0.2) is 0 Å². The normalized spacial score (nSPS) is 10.7. The van der Waals surface area contributed by atoms with Crippen molar-refractivity contribution in [3.63, 3.8) is 0 Å². The lowest BCUT2D eigenvalue weighted by atomic mass is 10.2. The van der Waals surface area contributed by atoms with Crippen LogP contribution >= 0.6 is 15.9 Å².